The SMILES string of the molecule is c1ccc(-c2ccc(-c3ccccc3N(c3ccc(-c4ccc5c6cc(-c7cccc(N8c9ccccc9C9(c%10ccccc%10-c%10ccc(N(c%11ccc(-c%12ccc%13sc%14ccccc%14c%13c%12)cc%11)c%11ccccc%11-c%11ccc(-c%12ccccc%12)cc%11)cc%109)c9ccccc98)c7)ccc6n(-c6ccccc6)c5c4)cc3)c3ccc4c(c3)C3(c5ccccc5-4)c4ccccc4N(c4ccccc4)c4ccccc43)cc2)cc1. The van der Waals surface area contributed by atoms with Gasteiger partial charge in [0.05, 0.1) is 56.0 Å². The van der Waals surface area contributed by atoms with Crippen LogP contribution in [-0.4, -0.2) is 4.57 Å². The van der Waals surface area contributed by atoms with Crippen molar-refractivity contribution < 1.29 is 0 Å². The molecular formula is C140H91N5S. The average molecular weight is 1880 g/mol. The van der Waals surface area contributed by atoms with Crippen LogP contribution in [0.2, 0.25) is 0 Å². The fourth-order valence-electron chi connectivity index (χ4n) is 24.8. The summed E-state index contributed by atoms with van der Waals surface area (Å²) >= 11 is 1.86. The van der Waals surface area contributed by atoms with Crippen LogP contribution in [0.25, 0.3) is 148 Å². The zero-order valence-electron chi connectivity index (χ0n) is 79.7. The second-order valence-electron chi connectivity index (χ2n) is 38.8. The molecule has 682 valence electrons. The molecule has 2 aliphatic heterocycles. The van der Waals surface area contributed by atoms with E-state index in [9.17, 15) is 0 Å². The summed E-state index contributed by atoms with van der Waals surface area (Å²) < 4.78 is 5.07. The molecule has 0 N–H and O–H groups in total. The summed E-state index contributed by atoms with van der Waals surface area (Å²) in [6, 6.07) is 207. The van der Waals surface area contributed by atoms with Crippen LogP contribution in [0.3, 0.4) is 0 Å². The number of fused-ring (bicyclic) bond motifs is 24. The van der Waals surface area contributed by atoms with Crippen molar-refractivity contribution in [2.45, 2.75) is 10.8 Å². The molecule has 4 heterocycles. The Morgan fingerprint density at radius 1 is 0.164 bits per heavy atom. The first-order valence-electron chi connectivity index (χ1n) is 50.4. The van der Waals surface area contributed by atoms with E-state index in [1.54, 1.807) is 0 Å². The highest BCUT2D eigenvalue weighted by Crippen LogP contribution is 2.67. The first-order chi connectivity index (χ1) is 72.4. The molecule has 29 rings (SSSR count). The van der Waals surface area contributed by atoms with Crippen LogP contribution in [0.15, 0.2) is 552 Å². The van der Waals surface area contributed by atoms with Crippen molar-refractivity contribution in [1.29, 1.82) is 0 Å². The fourth-order valence-corrected chi connectivity index (χ4v) is 25.9. The standard InChI is InChI=1S/C140H91N5S/c1-5-32-92(33-6-1)94-60-64-98(65-61-94)111-42-15-24-53-129(111)141(106-75-68-96(69-76-106)101-74-85-138-120(88-101)118-46-17-30-59-137(118)146-138)110-80-83-116-114-45-14-19-48-122(114)140(128(116)91-110)125-51-22-28-57-134(125)145(135-58-29-23-52-126(135)140)108-41-31-36-100(86-108)102-73-84-131-119(87-102)117-81-72-103(89-136(117)143(131)104-37-9-3-10-38-104)97-70-77-107(78-71-97)142(130-54-25-16-43-112(130)99-66-62-95(63-67-99)93-34-7-2-8-35-93)109-79-82-115-113-44-13-18-47-121(113)139(127(115)90-109)123-49-20-26-55-132(123)144(105-39-11-4-12-40-105)133-56-27-21-50-124(133)139/h1-91H. The van der Waals surface area contributed by atoms with Crippen molar-refractivity contribution in [3.8, 4) is 106 Å². The highest BCUT2D eigenvalue weighted by atomic mass is 32.1. The smallest absolute Gasteiger partial charge is 0.0755 e. The second-order valence-corrected chi connectivity index (χ2v) is 39.9. The lowest BCUT2D eigenvalue weighted by Gasteiger charge is -2.45. The summed E-state index contributed by atoms with van der Waals surface area (Å²) in [5.74, 6) is 0. The summed E-state index contributed by atoms with van der Waals surface area (Å²) in [6.07, 6.45) is 0. The van der Waals surface area contributed by atoms with Crippen LogP contribution >= 0.6 is 11.3 Å². The Labute approximate surface area is 852 Å². The van der Waals surface area contributed by atoms with E-state index in [4.69, 9.17) is 0 Å². The van der Waals surface area contributed by atoms with E-state index in [2.05, 4.69) is 576 Å². The summed E-state index contributed by atoms with van der Waals surface area (Å²) in [5.41, 5.74) is 46.1. The van der Waals surface area contributed by atoms with Gasteiger partial charge in [-0.2, -0.15) is 0 Å². The minimum atomic E-state index is -0.739. The third kappa shape index (κ3) is 13.2. The Morgan fingerprint density at radius 3 is 1.01 bits per heavy atom. The Balaban J connectivity index is 0.535. The Bertz CT molecular complexity index is 9400. The molecule has 0 fully saturated rings. The van der Waals surface area contributed by atoms with E-state index in [1.807, 2.05) is 11.3 Å². The molecule has 146 heavy (non-hydrogen) atoms. The van der Waals surface area contributed by atoms with Gasteiger partial charge < -0.3 is 24.2 Å². The summed E-state index contributed by atoms with van der Waals surface area (Å²) in [4.78, 5) is 10.00. The molecule has 23 aromatic carbocycles. The first-order valence-corrected chi connectivity index (χ1v) is 51.2. The lowest BCUT2D eigenvalue weighted by molar-refractivity contribution is 0.752. The van der Waals surface area contributed by atoms with Crippen LogP contribution in [0.5, 0.6) is 0 Å². The monoisotopic (exact) mass is 1870 g/mol. The molecule has 0 saturated carbocycles. The summed E-state index contributed by atoms with van der Waals surface area (Å²) in [7, 11) is 0. The van der Waals surface area contributed by atoms with E-state index >= 15 is 0 Å². The van der Waals surface area contributed by atoms with Crippen LogP contribution in [0.1, 0.15) is 44.5 Å². The Hall–Kier alpha value is -18.7. The van der Waals surface area contributed by atoms with Crippen molar-refractivity contribution in [2.75, 3.05) is 19.6 Å². The molecule has 5 nitrogen and oxygen atoms in total. The third-order valence-corrected chi connectivity index (χ3v) is 32.3. The van der Waals surface area contributed by atoms with Gasteiger partial charge >= 0.3 is 0 Å². The van der Waals surface area contributed by atoms with Gasteiger partial charge in [-0.1, -0.05) is 394 Å². The van der Waals surface area contributed by atoms with Crippen LogP contribution in [-0.2, 0) is 10.8 Å². The van der Waals surface area contributed by atoms with Gasteiger partial charge in [-0.25, -0.2) is 0 Å². The van der Waals surface area contributed by atoms with Gasteiger partial charge in [-0.3, -0.25) is 0 Å². The van der Waals surface area contributed by atoms with Crippen molar-refractivity contribution in [3.63, 3.8) is 0 Å². The maximum Gasteiger partial charge on any atom is 0.0755 e. The molecule has 0 atom stereocenters. The molecule has 0 bridgehead atoms. The molecule has 2 spiro atoms. The van der Waals surface area contributed by atoms with Crippen molar-refractivity contribution >= 4 is 122 Å². The number of para-hydroxylation sites is 8. The molecule has 2 aliphatic carbocycles. The summed E-state index contributed by atoms with van der Waals surface area (Å²) in [5, 5.41) is 4.94. The zero-order valence-corrected chi connectivity index (χ0v) is 80.5. The number of nitrogens with zero attached hydrogens (tertiary/aromatic N) is 5. The minimum Gasteiger partial charge on any atom is -0.310 e. The molecule has 4 aliphatic rings. The second kappa shape index (κ2) is 34.0. The topological polar surface area (TPSA) is 17.9 Å². The van der Waals surface area contributed by atoms with Crippen LogP contribution in [0, 0.1) is 0 Å². The third-order valence-electron chi connectivity index (χ3n) is 31.2. The summed E-state index contributed by atoms with van der Waals surface area (Å²) in [6.45, 7) is 0. The molecule has 0 saturated heterocycles. The van der Waals surface area contributed by atoms with E-state index in [-0.39, 0.29) is 0 Å². The highest BCUT2D eigenvalue weighted by Gasteiger charge is 2.54. The van der Waals surface area contributed by atoms with Gasteiger partial charge in [0.15, 0.2) is 0 Å². The Kier molecular flexibility index (Phi) is 19.6. The lowest BCUT2D eigenvalue weighted by atomic mass is 9.64. The number of rotatable bonds is 16. The average Bonchev–Trinajstić information content (AvgIpc) is 1.49. The van der Waals surface area contributed by atoms with Crippen molar-refractivity contribution in [2.24, 2.45) is 0 Å². The predicted molar refractivity (Wildman–Crippen MR) is 612 cm³/mol. The maximum absolute atomic E-state index is 2.53. The highest BCUT2D eigenvalue weighted by molar-refractivity contribution is 7.25. The minimum absolute atomic E-state index is 0.669. The molecule has 2 aromatic heterocycles. The van der Waals surface area contributed by atoms with E-state index in [1.165, 1.54) is 131 Å². The number of hydrogen-bond acceptors (Lipinski definition) is 5. The molecule has 25 aromatic rings. The fraction of sp³-hybridized carbons (Fsp3) is 0.0143. The largest absolute Gasteiger partial charge is 0.310 e. The molecule has 0 unspecified atom stereocenters. The lowest BCUT2D eigenvalue weighted by Crippen LogP contribution is -2.36. The number of thiophene rings is 1. The van der Waals surface area contributed by atoms with Crippen LogP contribution < -0.4 is 19.6 Å². The molecule has 0 amide bonds. The first kappa shape index (κ1) is 84.2. The predicted octanol–water partition coefficient (Wildman–Crippen LogP) is 38.1. The Morgan fingerprint density at radius 2 is 0.493 bits per heavy atom. The number of aromatic nitrogens is 1. The molecule has 6 heteroatoms. The zero-order chi connectivity index (χ0) is 96.1. The van der Waals surface area contributed by atoms with Crippen molar-refractivity contribution in [1.82, 2.24) is 4.57 Å². The normalized spacial score (nSPS) is 13.0. The van der Waals surface area contributed by atoms with Gasteiger partial charge in [-0.05, 0) is 291 Å². The van der Waals surface area contributed by atoms with Crippen LogP contribution in [0.4, 0.5) is 68.2 Å². The van der Waals surface area contributed by atoms with Gasteiger partial charge in [0.2, 0.25) is 0 Å². The number of hydrogen-bond donors (Lipinski definition) is 0. The van der Waals surface area contributed by atoms with Gasteiger partial charge in [-0.15, -0.1) is 11.3 Å². The number of anilines is 12. The van der Waals surface area contributed by atoms with E-state index in [0.29, 0.717) is 0 Å². The maximum atomic E-state index is 2.53. The number of benzene rings is 23. The van der Waals surface area contributed by atoms with E-state index < -0.39 is 10.8 Å². The van der Waals surface area contributed by atoms with Gasteiger partial charge in [0.1, 0.15) is 0 Å². The van der Waals surface area contributed by atoms with Gasteiger partial charge in [0.25, 0.3) is 0 Å². The van der Waals surface area contributed by atoms with Crippen molar-refractivity contribution in [3.05, 3.63) is 597 Å². The van der Waals surface area contributed by atoms with Gasteiger partial charge in [0, 0.05) is 81.9 Å². The molecular weight excluding hydrogens is 1780 g/mol. The van der Waals surface area contributed by atoms with E-state index in [0.717, 1.165) is 129 Å². The quantitative estimate of drug-likeness (QED) is 0.0959. The molecule has 0 radical (unpaired) electrons.